The second kappa shape index (κ2) is 5.89. The van der Waals surface area contributed by atoms with Crippen molar-refractivity contribution in [1.29, 1.82) is 0 Å². The van der Waals surface area contributed by atoms with E-state index in [1.54, 1.807) is 0 Å². The van der Waals surface area contributed by atoms with Gasteiger partial charge in [-0.2, -0.15) is 0 Å². The molecule has 0 aliphatic rings. The normalized spacial score (nSPS) is 10.6. The van der Waals surface area contributed by atoms with Gasteiger partial charge in [-0.3, -0.25) is 4.79 Å². The number of rotatable bonds is 4. The summed E-state index contributed by atoms with van der Waals surface area (Å²) in [6, 6.07) is 4.26. The van der Waals surface area contributed by atoms with Gasteiger partial charge in [0, 0.05) is 17.6 Å². The molecule has 17 heavy (non-hydrogen) atoms. The van der Waals surface area contributed by atoms with Crippen LogP contribution in [-0.4, -0.2) is 40.2 Å². The molecular formula is C12H16ClNO3. The van der Waals surface area contributed by atoms with E-state index in [2.05, 4.69) is 0 Å². The lowest BCUT2D eigenvalue weighted by atomic mass is 10.1. The highest BCUT2D eigenvalue weighted by molar-refractivity contribution is 6.31. The average Bonchev–Trinajstić information content (AvgIpc) is 2.28. The molecule has 0 radical (unpaired) electrons. The van der Waals surface area contributed by atoms with E-state index in [1.165, 1.54) is 23.1 Å². The Morgan fingerprint density at radius 2 is 2.12 bits per heavy atom. The molecule has 4 nitrogen and oxygen atoms in total. The topological polar surface area (TPSA) is 60.8 Å². The van der Waals surface area contributed by atoms with Gasteiger partial charge in [-0.05, 0) is 32.0 Å². The third-order valence-corrected chi connectivity index (χ3v) is 2.65. The molecule has 0 aliphatic heterocycles. The van der Waals surface area contributed by atoms with Crippen LogP contribution in [-0.2, 0) is 0 Å². The van der Waals surface area contributed by atoms with Crippen LogP contribution in [0.15, 0.2) is 18.2 Å². The van der Waals surface area contributed by atoms with Crippen LogP contribution in [0, 0.1) is 0 Å². The smallest absolute Gasteiger partial charge is 0.257 e. The van der Waals surface area contributed by atoms with Gasteiger partial charge < -0.3 is 15.1 Å². The minimum atomic E-state index is -0.339. The van der Waals surface area contributed by atoms with Gasteiger partial charge in [0.1, 0.15) is 5.75 Å². The summed E-state index contributed by atoms with van der Waals surface area (Å²) in [7, 11) is 0. The Balaban J connectivity index is 3.04. The fourth-order valence-corrected chi connectivity index (χ4v) is 1.71. The molecule has 1 rings (SSSR count). The molecule has 0 saturated heterocycles. The van der Waals surface area contributed by atoms with Crippen LogP contribution in [0.25, 0.3) is 0 Å². The molecule has 0 aliphatic carbocycles. The van der Waals surface area contributed by atoms with Crippen molar-refractivity contribution in [1.82, 2.24) is 4.90 Å². The Labute approximate surface area is 105 Å². The first-order valence-electron chi connectivity index (χ1n) is 5.37. The summed E-state index contributed by atoms with van der Waals surface area (Å²) in [5, 5.41) is 18.9. The first-order valence-corrected chi connectivity index (χ1v) is 5.75. The maximum absolute atomic E-state index is 12.1. The first kappa shape index (κ1) is 13.8. The van der Waals surface area contributed by atoms with E-state index in [-0.39, 0.29) is 36.4 Å². The number of aromatic hydroxyl groups is 1. The molecule has 0 saturated carbocycles. The molecule has 1 aromatic rings. The van der Waals surface area contributed by atoms with Crippen molar-refractivity contribution in [3.8, 4) is 5.75 Å². The fraction of sp³-hybridized carbons (Fsp3) is 0.417. The van der Waals surface area contributed by atoms with Gasteiger partial charge in [0.05, 0.1) is 12.2 Å². The van der Waals surface area contributed by atoms with Gasteiger partial charge in [0.15, 0.2) is 0 Å². The predicted molar refractivity (Wildman–Crippen MR) is 66.4 cm³/mol. The van der Waals surface area contributed by atoms with Crippen LogP contribution in [0.1, 0.15) is 24.2 Å². The molecule has 0 heterocycles. The molecule has 0 bridgehead atoms. The zero-order chi connectivity index (χ0) is 13.0. The van der Waals surface area contributed by atoms with Gasteiger partial charge >= 0.3 is 0 Å². The maximum atomic E-state index is 12.1. The molecule has 0 atom stereocenters. The third-order valence-electron chi connectivity index (χ3n) is 2.41. The summed E-state index contributed by atoms with van der Waals surface area (Å²) in [5.74, 6) is -0.447. The van der Waals surface area contributed by atoms with Gasteiger partial charge in [-0.15, -0.1) is 0 Å². The van der Waals surface area contributed by atoms with E-state index in [9.17, 15) is 9.90 Å². The largest absolute Gasteiger partial charge is 0.507 e. The molecule has 0 fully saturated rings. The number of amides is 1. The quantitative estimate of drug-likeness (QED) is 0.866. The van der Waals surface area contributed by atoms with Crippen LogP contribution in [0.2, 0.25) is 5.02 Å². The van der Waals surface area contributed by atoms with Crippen molar-refractivity contribution in [3.63, 3.8) is 0 Å². The van der Waals surface area contributed by atoms with Gasteiger partial charge in [0.2, 0.25) is 0 Å². The zero-order valence-corrected chi connectivity index (χ0v) is 10.6. The van der Waals surface area contributed by atoms with Gasteiger partial charge in [0.25, 0.3) is 5.91 Å². The second-order valence-electron chi connectivity index (χ2n) is 3.98. The first-order chi connectivity index (χ1) is 7.97. The van der Waals surface area contributed by atoms with Crippen molar-refractivity contribution >= 4 is 17.5 Å². The number of hydrogen-bond donors (Lipinski definition) is 2. The van der Waals surface area contributed by atoms with Crippen LogP contribution >= 0.6 is 11.6 Å². The van der Waals surface area contributed by atoms with E-state index < -0.39 is 0 Å². The molecule has 0 spiro atoms. The SMILES string of the molecule is CC(C)N(CCO)C(=O)c1cc(Cl)ccc1O. The van der Waals surface area contributed by atoms with E-state index >= 15 is 0 Å². The summed E-state index contributed by atoms with van der Waals surface area (Å²) >= 11 is 5.79. The number of benzene rings is 1. The van der Waals surface area contributed by atoms with E-state index in [1.807, 2.05) is 13.8 Å². The van der Waals surface area contributed by atoms with E-state index in [4.69, 9.17) is 16.7 Å². The molecule has 5 heteroatoms. The molecular weight excluding hydrogens is 242 g/mol. The second-order valence-corrected chi connectivity index (χ2v) is 4.41. The van der Waals surface area contributed by atoms with Crippen molar-refractivity contribution in [2.24, 2.45) is 0 Å². The summed E-state index contributed by atoms with van der Waals surface area (Å²) in [4.78, 5) is 13.6. The Bertz CT molecular complexity index is 407. The Morgan fingerprint density at radius 1 is 1.47 bits per heavy atom. The van der Waals surface area contributed by atoms with Crippen molar-refractivity contribution in [2.45, 2.75) is 19.9 Å². The van der Waals surface area contributed by atoms with Crippen LogP contribution in [0.4, 0.5) is 0 Å². The lowest BCUT2D eigenvalue weighted by Gasteiger charge is -2.26. The maximum Gasteiger partial charge on any atom is 0.257 e. The van der Waals surface area contributed by atoms with Crippen LogP contribution in [0.5, 0.6) is 5.75 Å². The standard InChI is InChI=1S/C12H16ClNO3/c1-8(2)14(5-6-15)12(17)10-7-9(13)3-4-11(10)16/h3-4,7-8,15-16H,5-6H2,1-2H3. The fourth-order valence-electron chi connectivity index (χ4n) is 1.54. The number of halogens is 1. The minimum absolute atomic E-state index is 0.0620. The van der Waals surface area contributed by atoms with Crippen molar-refractivity contribution in [2.75, 3.05) is 13.2 Å². The highest BCUT2D eigenvalue weighted by Crippen LogP contribution is 2.23. The lowest BCUT2D eigenvalue weighted by Crippen LogP contribution is -2.39. The Kier molecular flexibility index (Phi) is 4.78. The summed E-state index contributed by atoms with van der Waals surface area (Å²) in [5.41, 5.74) is 0.152. The molecule has 1 aromatic carbocycles. The third kappa shape index (κ3) is 3.35. The highest BCUT2D eigenvalue weighted by atomic mass is 35.5. The van der Waals surface area contributed by atoms with E-state index in [0.29, 0.717) is 5.02 Å². The number of hydrogen-bond acceptors (Lipinski definition) is 3. The Morgan fingerprint density at radius 3 is 2.65 bits per heavy atom. The van der Waals surface area contributed by atoms with E-state index in [0.717, 1.165) is 0 Å². The number of aliphatic hydroxyl groups excluding tert-OH is 1. The number of nitrogens with zero attached hydrogens (tertiary/aromatic N) is 1. The monoisotopic (exact) mass is 257 g/mol. The highest BCUT2D eigenvalue weighted by Gasteiger charge is 2.21. The Hall–Kier alpha value is -1.26. The van der Waals surface area contributed by atoms with Crippen LogP contribution < -0.4 is 0 Å². The molecule has 94 valence electrons. The number of phenolic OH excluding ortho intramolecular Hbond substituents is 1. The summed E-state index contributed by atoms with van der Waals surface area (Å²) in [6.45, 7) is 3.79. The number of carbonyl (C=O) groups excluding carboxylic acids is 1. The number of phenols is 1. The summed E-state index contributed by atoms with van der Waals surface area (Å²) < 4.78 is 0. The number of aliphatic hydroxyl groups is 1. The van der Waals surface area contributed by atoms with Crippen LogP contribution in [0.3, 0.4) is 0 Å². The van der Waals surface area contributed by atoms with Gasteiger partial charge in [-0.1, -0.05) is 11.6 Å². The minimum Gasteiger partial charge on any atom is -0.507 e. The number of carbonyl (C=O) groups is 1. The predicted octanol–water partition coefficient (Wildman–Crippen LogP) is 1.89. The summed E-state index contributed by atoms with van der Waals surface area (Å²) in [6.07, 6.45) is 0. The molecule has 2 N–H and O–H groups in total. The van der Waals surface area contributed by atoms with Crippen molar-refractivity contribution in [3.05, 3.63) is 28.8 Å². The zero-order valence-electron chi connectivity index (χ0n) is 9.85. The lowest BCUT2D eigenvalue weighted by molar-refractivity contribution is 0.0662. The van der Waals surface area contributed by atoms with Crippen molar-refractivity contribution < 1.29 is 15.0 Å². The molecule has 1 amide bonds. The molecule has 0 aromatic heterocycles. The molecule has 0 unspecified atom stereocenters. The average molecular weight is 258 g/mol. The van der Waals surface area contributed by atoms with Gasteiger partial charge in [-0.25, -0.2) is 0 Å².